The van der Waals surface area contributed by atoms with E-state index in [1.165, 1.54) is 6.33 Å². The lowest BCUT2D eigenvalue weighted by molar-refractivity contribution is 0.00816. The molecule has 0 radical (unpaired) electrons. The molecule has 0 amide bonds. The average Bonchev–Trinajstić information content (AvgIpc) is 3.28. The Morgan fingerprint density at radius 1 is 1.32 bits per heavy atom. The number of halogens is 1. The zero-order valence-corrected chi connectivity index (χ0v) is 14.7. The van der Waals surface area contributed by atoms with E-state index in [4.69, 9.17) is 26.4 Å². The van der Waals surface area contributed by atoms with Crippen LogP contribution in [0.25, 0.3) is 5.69 Å². The average molecular weight is 359 g/mol. The molecule has 4 rings (SSSR count). The summed E-state index contributed by atoms with van der Waals surface area (Å²) in [6.07, 6.45) is 6.27. The summed E-state index contributed by atoms with van der Waals surface area (Å²) in [4.78, 5) is 8.72. The molecule has 0 unspecified atom stereocenters. The first-order valence-corrected chi connectivity index (χ1v) is 8.75. The highest BCUT2D eigenvalue weighted by Gasteiger charge is 2.25. The zero-order chi connectivity index (χ0) is 17.2. The predicted octanol–water partition coefficient (Wildman–Crippen LogP) is 3.11. The van der Waals surface area contributed by atoms with Crippen molar-refractivity contribution in [3.8, 4) is 5.69 Å². The van der Waals surface area contributed by atoms with Gasteiger partial charge in [-0.3, -0.25) is 0 Å². The third kappa shape index (κ3) is 3.29. The van der Waals surface area contributed by atoms with Gasteiger partial charge in [0.2, 0.25) is 0 Å². The molecule has 3 aromatic rings. The summed E-state index contributed by atoms with van der Waals surface area (Å²) in [5, 5.41) is 9.55. The lowest BCUT2D eigenvalue weighted by Crippen LogP contribution is -2.17. The second-order valence-electron chi connectivity index (χ2n) is 6.13. The highest BCUT2D eigenvalue weighted by molar-refractivity contribution is 6.31. The highest BCUT2D eigenvalue weighted by Crippen LogP contribution is 2.30. The number of rotatable bonds is 4. The van der Waals surface area contributed by atoms with Gasteiger partial charge in [-0.25, -0.2) is 19.3 Å². The van der Waals surface area contributed by atoms with Crippen LogP contribution in [-0.4, -0.2) is 36.1 Å². The van der Waals surface area contributed by atoms with Gasteiger partial charge in [0.05, 0.1) is 5.69 Å². The first-order valence-electron chi connectivity index (χ1n) is 8.37. The van der Waals surface area contributed by atoms with Crippen molar-refractivity contribution in [1.82, 2.24) is 29.5 Å². The van der Waals surface area contributed by atoms with Gasteiger partial charge < -0.3 is 4.74 Å². The third-order valence-corrected chi connectivity index (χ3v) is 4.79. The van der Waals surface area contributed by atoms with E-state index in [1.807, 2.05) is 29.8 Å². The zero-order valence-electron chi connectivity index (χ0n) is 14.0. The van der Waals surface area contributed by atoms with Crippen molar-refractivity contribution >= 4 is 11.6 Å². The standard InChI is InChI=1S/C17H19ClN6O/c1-12-13(18)5-4-6-14(12)24-17(15-7-2-3-8-25-15)21-16(22-24)9-23-11-19-10-20-23/h4-6,10-11,15H,2-3,7-9H2,1H3/t15-/m0/s1. The van der Waals surface area contributed by atoms with Crippen molar-refractivity contribution in [3.05, 3.63) is 53.1 Å². The SMILES string of the molecule is Cc1c(Cl)cccc1-n1nc(Cn2cncn2)nc1[C@@H]1CCCCO1. The molecular formula is C17H19ClN6O. The van der Waals surface area contributed by atoms with Crippen molar-refractivity contribution in [1.29, 1.82) is 0 Å². The van der Waals surface area contributed by atoms with Gasteiger partial charge in [0.1, 0.15) is 25.3 Å². The lowest BCUT2D eigenvalue weighted by Gasteiger charge is -2.22. The molecule has 3 heterocycles. The van der Waals surface area contributed by atoms with Gasteiger partial charge in [-0.2, -0.15) is 5.10 Å². The van der Waals surface area contributed by atoms with E-state index in [0.29, 0.717) is 17.4 Å². The molecule has 0 bridgehead atoms. The maximum Gasteiger partial charge on any atom is 0.172 e. The molecule has 0 N–H and O–H groups in total. The van der Waals surface area contributed by atoms with Crippen LogP contribution in [0, 0.1) is 6.92 Å². The number of ether oxygens (including phenoxy) is 1. The summed E-state index contributed by atoms with van der Waals surface area (Å²) >= 11 is 6.31. The van der Waals surface area contributed by atoms with E-state index >= 15 is 0 Å². The van der Waals surface area contributed by atoms with Crippen LogP contribution in [0.1, 0.15) is 42.6 Å². The van der Waals surface area contributed by atoms with Crippen molar-refractivity contribution in [2.45, 2.75) is 38.8 Å². The van der Waals surface area contributed by atoms with Crippen LogP contribution in [0.3, 0.4) is 0 Å². The first kappa shape index (κ1) is 16.2. The molecule has 130 valence electrons. The van der Waals surface area contributed by atoms with Crippen LogP contribution >= 0.6 is 11.6 Å². The third-order valence-electron chi connectivity index (χ3n) is 4.38. The molecule has 1 fully saturated rings. The van der Waals surface area contributed by atoms with Crippen molar-refractivity contribution < 1.29 is 4.74 Å². The van der Waals surface area contributed by atoms with Gasteiger partial charge in [0.15, 0.2) is 11.6 Å². The number of benzene rings is 1. The minimum Gasteiger partial charge on any atom is -0.370 e. The molecule has 25 heavy (non-hydrogen) atoms. The Labute approximate surface area is 150 Å². The minimum absolute atomic E-state index is 0.0517. The second kappa shape index (κ2) is 6.93. The van der Waals surface area contributed by atoms with E-state index in [-0.39, 0.29) is 6.10 Å². The van der Waals surface area contributed by atoms with Gasteiger partial charge in [-0.15, -0.1) is 5.10 Å². The summed E-state index contributed by atoms with van der Waals surface area (Å²) in [6.45, 7) is 3.21. The quantitative estimate of drug-likeness (QED) is 0.716. The van der Waals surface area contributed by atoms with Crippen LogP contribution in [-0.2, 0) is 11.3 Å². The van der Waals surface area contributed by atoms with Gasteiger partial charge >= 0.3 is 0 Å². The van der Waals surface area contributed by atoms with Gasteiger partial charge in [-0.1, -0.05) is 17.7 Å². The van der Waals surface area contributed by atoms with Crippen molar-refractivity contribution in [2.24, 2.45) is 0 Å². The highest BCUT2D eigenvalue weighted by atomic mass is 35.5. The fraction of sp³-hybridized carbons (Fsp3) is 0.412. The number of nitrogens with zero attached hydrogens (tertiary/aromatic N) is 6. The van der Waals surface area contributed by atoms with Crippen molar-refractivity contribution in [3.63, 3.8) is 0 Å². The van der Waals surface area contributed by atoms with E-state index in [2.05, 4.69) is 10.1 Å². The van der Waals surface area contributed by atoms with E-state index in [1.54, 1.807) is 11.0 Å². The molecule has 1 aliphatic heterocycles. The number of aromatic nitrogens is 6. The van der Waals surface area contributed by atoms with E-state index in [0.717, 1.165) is 42.9 Å². The molecule has 8 heteroatoms. The lowest BCUT2D eigenvalue weighted by atomic mass is 10.1. The molecule has 1 aliphatic rings. The molecule has 1 aromatic carbocycles. The first-order chi connectivity index (χ1) is 12.2. The predicted molar refractivity (Wildman–Crippen MR) is 92.8 cm³/mol. The monoisotopic (exact) mass is 358 g/mol. The fourth-order valence-electron chi connectivity index (χ4n) is 3.05. The molecule has 0 saturated carbocycles. The molecular weight excluding hydrogens is 340 g/mol. The molecule has 7 nitrogen and oxygen atoms in total. The van der Waals surface area contributed by atoms with Crippen LogP contribution < -0.4 is 0 Å². The summed E-state index contributed by atoms with van der Waals surface area (Å²) < 4.78 is 9.52. The number of hydrogen-bond acceptors (Lipinski definition) is 5. The van der Waals surface area contributed by atoms with Gasteiger partial charge in [0, 0.05) is 11.6 Å². The Balaban J connectivity index is 1.77. The molecule has 0 aliphatic carbocycles. The van der Waals surface area contributed by atoms with E-state index < -0.39 is 0 Å². The smallest absolute Gasteiger partial charge is 0.172 e. The number of hydrogen-bond donors (Lipinski definition) is 0. The molecule has 0 spiro atoms. The Morgan fingerprint density at radius 3 is 3.00 bits per heavy atom. The summed E-state index contributed by atoms with van der Waals surface area (Å²) in [6, 6.07) is 5.81. The summed E-state index contributed by atoms with van der Waals surface area (Å²) in [5.41, 5.74) is 1.90. The normalized spacial score (nSPS) is 17.8. The summed E-state index contributed by atoms with van der Waals surface area (Å²) in [5.74, 6) is 1.49. The van der Waals surface area contributed by atoms with Crippen LogP contribution in [0.2, 0.25) is 5.02 Å². The Hall–Kier alpha value is -2.25. The van der Waals surface area contributed by atoms with Gasteiger partial charge in [0.25, 0.3) is 0 Å². The van der Waals surface area contributed by atoms with Gasteiger partial charge in [-0.05, 0) is 43.9 Å². The Kier molecular flexibility index (Phi) is 4.50. The largest absolute Gasteiger partial charge is 0.370 e. The Bertz CT molecular complexity index is 854. The summed E-state index contributed by atoms with van der Waals surface area (Å²) in [7, 11) is 0. The molecule has 1 saturated heterocycles. The van der Waals surface area contributed by atoms with Crippen molar-refractivity contribution in [2.75, 3.05) is 6.61 Å². The van der Waals surface area contributed by atoms with Crippen LogP contribution in [0.15, 0.2) is 30.9 Å². The van der Waals surface area contributed by atoms with E-state index in [9.17, 15) is 0 Å². The van der Waals surface area contributed by atoms with Crippen LogP contribution in [0.4, 0.5) is 0 Å². The molecule has 2 aromatic heterocycles. The second-order valence-corrected chi connectivity index (χ2v) is 6.54. The topological polar surface area (TPSA) is 70.7 Å². The minimum atomic E-state index is -0.0517. The fourth-order valence-corrected chi connectivity index (χ4v) is 3.22. The van der Waals surface area contributed by atoms with Crippen LogP contribution in [0.5, 0.6) is 0 Å². The maximum atomic E-state index is 6.31. The Morgan fingerprint density at radius 2 is 2.24 bits per heavy atom. The maximum absolute atomic E-state index is 6.31. The molecule has 1 atom stereocenters.